The smallest absolute Gasteiger partial charge is 0.255 e. The number of amides is 1. The van der Waals surface area contributed by atoms with E-state index in [9.17, 15) is 4.79 Å². The molecule has 3 heterocycles. The van der Waals surface area contributed by atoms with Crippen LogP contribution in [0.15, 0.2) is 79.3 Å². The minimum atomic E-state index is -0.168. The van der Waals surface area contributed by atoms with E-state index < -0.39 is 0 Å². The van der Waals surface area contributed by atoms with Crippen LogP contribution in [0.2, 0.25) is 0 Å². The maximum absolute atomic E-state index is 12.7. The molecule has 186 valence electrons. The summed E-state index contributed by atoms with van der Waals surface area (Å²) < 4.78 is 8.18. The number of benzene rings is 2. The first-order chi connectivity index (χ1) is 18.2. The molecule has 3 aromatic heterocycles. The number of ether oxygens (including phenoxy) is 1. The van der Waals surface area contributed by atoms with Crippen molar-refractivity contribution in [1.82, 2.24) is 14.4 Å². The normalized spacial score (nSPS) is 13.2. The van der Waals surface area contributed by atoms with E-state index in [0.717, 1.165) is 57.0 Å². The highest BCUT2D eigenvalue weighted by Gasteiger charge is 2.21. The van der Waals surface area contributed by atoms with Gasteiger partial charge in [-0.05, 0) is 67.8 Å². The third-order valence-corrected chi connectivity index (χ3v) is 7.38. The van der Waals surface area contributed by atoms with E-state index in [1.165, 1.54) is 6.42 Å². The van der Waals surface area contributed by atoms with Crippen molar-refractivity contribution >= 4 is 45.1 Å². The van der Waals surface area contributed by atoms with Crippen LogP contribution in [0.3, 0.4) is 0 Å². The van der Waals surface area contributed by atoms with Crippen LogP contribution in [0.1, 0.15) is 29.6 Å². The first kappa shape index (κ1) is 23.1. The number of nitrogens with zero attached hydrogens (tertiary/aromatic N) is 3. The SMILES string of the molecule is CNc1ccccc1NC(=O)c1ccc(Nc2ncc(-c3cnc4c(OC5CCC5)cccn34)s2)cc1. The Morgan fingerprint density at radius 1 is 1.00 bits per heavy atom. The Morgan fingerprint density at radius 2 is 1.81 bits per heavy atom. The summed E-state index contributed by atoms with van der Waals surface area (Å²) >= 11 is 1.54. The Morgan fingerprint density at radius 3 is 2.57 bits per heavy atom. The summed E-state index contributed by atoms with van der Waals surface area (Å²) in [5.41, 5.74) is 4.81. The number of carbonyl (C=O) groups is 1. The maximum atomic E-state index is 12.7. The molecule has 1 aliphatic rings. The zero-order chi connectivity index (χ0) is 25.2. The van der Waals surface area contributed by atoms with Gasteiger partial charge in [0.05, 0.1) is 34.2 Å². The van der Waals surface area contributed by atoms with E-state index in [4.69, 9.17) is 4.74 Å². The van der Waals surface area contributed by atoms with Gasteiger partial charge in [0.1, 0.15) is 0 Å². The lowest BCUT2D eigenvalue weighted by Gasteiger charge is -2.26. The van der Waals surface area contributed by atoms with Gasteiger partial charge in [-0.1, -0.05) is 23.5 Å². The Labute approximate surface area is 218 Å². The van der Waals surface area contributed by atoms with Gasteiger partial charge in [-0.25, -0.2) is 9.97 Å². The summed E-state index contributed by atoms with van der Waals surface area (Å²) in [6.45, 7) is 0. The second-order valence-corrected chi connectivity index (χ2v) is 9.89. The lowest BCUT2D eigenvalue weighted by atomic mass is 9.96. The Hall–Kier alpha value is -4.37. The molecule has 0 spiro atoms. The monoisotopic (exact) mass is 510 g/mol. The number of nitrogens with one attached hydrogen (secondary N) is 3. The fourth-order valence-corrected chi connectivity index (χ4v) is 5.05. The first-order valence-corrected chi connectivity index (χ1v) is 13.0. The van der Waals surface area contributed by atoms with Crippen LogP contribution in [0.4, 0.5) is 22.2 Å². The summed E-state index contributed by atoms with van der Waals surface area (Å²) in [4.78, 5) is 22.9. The van der Waals surface area contributed by atoms with E-state index in [2.05, 4.69) is 25.9 Å². The standard InChI is InChI=1S/C28H26N6O2S/c1-29-21-8-2-3-9-22(21)33-27(35)18-11-13-19(14-12-18)32-28-31-17-25(37-28)23-16-30-26-24(10-5-15-34(23)26)36-20-6-4-7-20/h2-3,5,8-17,20,29H,4,6-7H2,1H3,(H,31,32)(H,33,35). The van der Waals surface area contributed by atoms with Crippen LogP contribution in [-0.4, -0.2) is 33.4 Å². The number of rotatable bonds is 8. The van der Waals surface area contributed by atoms with Gasteiger partial charge in [-0.15, -0.1) is 0 Å². The van der Waals surface area contributed by atoms with Gasteiger partial charge in [-0.2, -0.15) is 0 Å². The molecule has 5 aromatic rings. The predicted octanol–water partition coefficient (Wildman–Crippen LogP) is 6.43. The minimum absolute atomic E-state index is 0.168. The van der Waals surface area contributed by atoms with Crippen LogP contribution in [0, 0.1) is 0 Å². The van der Waals surface area contributed by atoms with E-state index in [-0.39, 0.29) is 5.91 Å². The van der Waals surface area contributed by atoms with Gasteiger partial charge >= 0.3 is 0 Å². The molecule has 8 nitrogen and oxygen atoms in total. The molecule has 9 heteroatoms. The van der Waals surface area contributed by atoms with Crippen molar-refractivity contribution in [1.29, 1.82) is 0 Å². The maximum Gasteiger partial charge on any atom is 0.255 e. The average Bonchev–Trinajstić information content (AvgIpc) is 3.54. The molecular weight excluding hydrogens is 484 g/mol. The van der Waals surface area contributed by atoms with Gasteiger partial charge in [0.25, 0.3) is 5.91 Å². The molecular formula is C28H26N6O2S. The van der Waals surface area contributed by atoms with Crippen LogP contribution in [0.25, 0.3) is 16.2 Å². The van der Waals surface area contributed by atoms with Crippen molar-refractivity contribution < 1.29 is 9.53 Å². The second kappa shape index (κ2) is 9.94. The molecule has 3 N–H and O–H groups in total. The molecule has 0 saturated heterocycles. The number of fused-ring (bicyclic) bond motifs is 1. The highest BCUT2D eigenvalue weighted by Crippen LogP contribution is 2.34. The molecule has 0 unspecified atom stereocenters. The van der Waals surface area contributed by atoms with Crippen molar-refractivity contribution in [2.45, 2.75) is 25.4 Å². The lowest BCUT2D eigenvalue weighted by Crippen LogP contribution is -2.24. The summed E-state index contributed by atoms with van der Waals surface area (Å²) in [6.07, 6.45) is 9.44. The predicted molar refractivity (Wildman–Crippen MR) is 148 cm³/mol. The molecule has 1 aliphatic carbocycles. The molecule has 0 atom stereocenters. The molecule has 37 heavy (non-hydrogen) atoms. The fraction of sp³-hybridized carbons (Fsp3) is 0.179. The van der Waals surface area contributed by atoms with Crippen molar-refractivity contribution in [3.8, 4) is 16.3 Å². The number of hydrogen-bond donors (Lipinski definition) is 3. The third-order valence-electron chi connectivity index (χ3n) is 6.45. The average molecular weight is 511 g/mol. The van der Waals surface area contributed by atoms with Crippen molar-refractivity contribution in [2.75, 3.05) is 23.0 Å². The highest BCUT2D eigenvalue weighted by atomic mass is 32.1. The first-order valence-electron chi connectivity index (χ1n) is 12.2. The molecule has 0 bridgehead atoms. The van der Waals surface area contributed by atoms with Gasteiger partial charge in [0.15, 0.2) is 16.5 Å². The number of imidazole rings is 1. The number of thiazole rings is 1. The molecule has 0 aliphatic heterocycles. The zero-order valence-corrected chi connectivity index (χ0v) is 21.1. The van der Waals surface area contributed by atoms with Crippen LogP contribution < -0.4 is 20.7 Å². The molecule has 6 rings (SSSR count). The van der Waals surface area contributed by atoms with Crippen LogP contribution >= 0.6 is 11.3 Å². The molecule has 1 fully saturated rings. The number of aromatic nitrogens is 3. The van der Waals surface area contributed by atoms with E-state index in [1.807, 2.05) is 78.6 Å². The third kappa shape index (κ3) is 4.73. The number of anilines is 4. The largest absolute Gasteiger partial charge is 0.487 e. The second-order valence-electron chi connectivity index (χ2n) is 8.86. The van der Waals surface area contributed by atoms with Crippen molar-refractivity contribution in [3.05, 3.63) is 84.8 Å². The van der Waals surface area contributed by atoms with Gasteiger partial charge in [-0.3, -0.25) is 9.20 Å². The van der Waals surface area contributed by atoms with Gasteiger partial charge in [0.2, 0.25) is 0 Å². The number of para-hydroxylation sites is 2. The van der Waals surface area contributed by atoms with E-state index in [1.54, 1.807) is 23.5 Å². The summed E-state index contributed by atoms with van der Waals surface area (Å²) in [5, 5.41) is 10.1. The van der Waals surface area contributed by atoms with Gasteiger partial charge < -0.3 is 20.7 Å². The van der Waals surface area contributed by atoms with Gasteiger partial charge in [0, 0.05) is 30.7 Å². The summed E-state index contributed by atoms with van der Waals surface area (Å²) in [6, 6.07) is 18.9. The minimum Gasteiger partial charge on any atom is -0.487 e. The zero-order valence-electron chi connectivity index (χ0n) is 20.3. The van der Waals surface area contributed by atoms with E-state index >= 15 is 0 Å². The Bertz CT molecular complexity index is 1550. The Kier molecular flexibility index (Phi) is 6.20. The number of carbonyl (C=O) groups excluding carboxylic acids is 1. The number of hydrogen-bond acceptors (Lipinski definition) is 7. The summed E-state index contributed by atoms with van der Waals surface area (Å²) in [5.74, 6) is 0.652. The summed E-state index contributed by atoms with van der Waals surface area (Å²) in [7, 11) is 1.83. The molecule has 1 saturated carbocycles. The lowest BCUT2D eigenvalue weighted by molar-refractivity contribution is 0.102. The quantitative estimate of drug-likeness (QED) is 0.223. The topological polar surface area (TPSA) is 92.6 Å². The van der Waals surface area contributed by atoms with Crippen molar-refractivity contribution in [3.63, 3.8) is 0 Å². The van der Waals surface area contributed by atoms with Crippen LogP contribution in [0.5, 0.6) is 5.75 Å². The molecule has 1 amide bonds. The van der Waals surface area contributed by atoms with Crippen LogP contribution in [-0.2, 0) is 0 Å². The highest BCUT2D eigenvalue weighted by molar-refractivity contribution is 7.18. The van der Waals surface area contributed by atoms with Crippen molar-refractivity contribution in [2.24, 2.45) is 0 Å². The molecule has 0 radical (unpaired) electrons. The Balaban J connectivity index is 1.15. The fourth-order valence-electron chi connectivity index (χ4n) is 4.21. The van der Waals surface area contributed by atoms with E-state index in [0.29, 0.717) is 11.7 Å². The number of pyridine rings is 1. The molecule has 2 aromatic carbocycles.